The minimum Gasteiger partial charge on any atom is -0.365 e. The largest absolute Gasteiger partial charge is 0.365 e. The topological polar surface area (TPSA) is 124 Å². The van der Waals surface area contributed by atoms with Gasteiger partial charge in [0, 0.05) is 12.7 Å². The van der Waals surface area contributed by atoms with Crippen LogP contribution in [0.15, 0.2) is 55.0 Å². The number of benzene rings is 1. The van der Waals surface area contributed by atoms with E-state index in [-0.39, 0.29) is 5.56 Å². The van der Waals surface area contributed by atoms with Gasteiger partial charge in [-0.3, -0.25) is 9.20 Å². The maximum absolute atomic E-state index is 11.5. The van der Waals surface area contributed by atoms with Crippen molar-refractivity contribution in [3.8, 4) is 11.6 Å². The van der Waals surface area contributed by atoms with Crippen molar-refractivity contribution in [2.24, 2.45) is 5.73 Å². The van der Waals surface area contributed by atoms with Crippen LogP contribution in [0.1, 0.15) is 15.9 Å². The van der Waals surface area contributed by atoms with Crippen LogP contribution < -0.4 is 11.1 Å². The van der Waals surface area contributed by atoms with Crippen molar-refractivity contribution < 1.29 is 4.79 Å². The van der Waals surface area contributed by atoms with Gasteiger partial charge in [-0.15, -0.1) is 10.2 Å². The molecule has 9 heteroatoms. The van der Waals surface area contributed by atoms with Gasteiger partial charge in [-0.05, 0) is 17.7 Å². The van der Waals surface area contributed by atoms with Crippen LogP contribution in [0.5, 0.6) is 0 Å². The predicted molar refractivity (Wildman–Crippen MR) is 94.1 cm³/mol. The molecule has 0 unspecified atom stereocenters. The molecule has 4 aromatic rings. The number of rotatable bonds is 5. The fourth-order valence-electron chi connectivity index (χ4n) is 2.53. The van der Waals surface area contributed by atoms with Gasteiger partial charge in [0.2, 0.25) is 17.6 Å². The smallest absolute Gasteiger partial charge is 0.252 e. The second kappa shape index (κ2) is 6.55. The third-order valence-electron chi connectivity index (χ3n) is 3.77. The zero-order valence-corrected chi connectivity index (χ0v) is 13.6. The lowest BCUT2D eigenvalue weighted by atomic mass is 10.2. The molecule has 0 spiro atoms. The molecular formula is C17H14N8O. The molecule has 4 rings (SSSR count). The molecule has 0 aliphatic carbocycles. The molecule has 3 heterocycles. The van der Waals surface area contributed by atoms with Gasteiger partial charge in [-0.1, -0.05) is 30.3 Å². The number of carbonyl (C=O) groups excluding carboxylic acids is 1. The number of pyridine rings is 1. The van der Waals surface area contributed by atoms with E-state index >= 15 is 0 Å². The SMILES string of the molecule is NC(=O)c1cccn2c(-c3ncnc(NCc4ccccc4)n3)nnc12. The summed E-state index contributed by atoms with van der Waals surface area (Å²) in [6.07, 6.45) is 3.12. The van der Waals surface area contributed by atoms with Crippen LogP contribution in [0.25, 0.3) is 17.3 Å². The quantitative estimate of drug-likeness (QED) is 0.558. The molecule has 0 bridgehead atoms. The van der Waals surface area contributed by atoms with Crippen molar-refractivity contribution >= 4 is 17.5 Å². The number of hydrogen-bond acceptors (Lipinski definition) is 7. The number of carbonyl (C=O) groups is 1. The van der Waals surface area contributed by atoms with Gasteiger partial charge in [0.15, 0.2) is 5.65 Å². The Balaban J connectivity index is 1.65. The lowest BCUT2D eigenvalue weighted by Crippen LogP contribution is -2.12. The number of nitrogens with zero attached hydrogens (tertiary/aromatic N) is 6. The summed E-state index contributed by atoms with van der Waals surface area (Å²) in [5.74, 6) is 0.579. The van der Waals surface area contributed by atoms with E-state index < -0.39 is 5.91 Å². The molecule has 0 saturated carbocycles. The average molecular weight is 346 g/mol. The number of fused-ring (bicyclic) bond motifs is 1. The highest BCUT2D eigenvalue weighted by atomic mass is 16.1. The lowest BCUT2D eigenvalue weighted by Gasteiger charge is -2.05. The minimum atomic E-state index is -0.574. The minimum absolute atomic E-state index is 0.280. The van der Waals surface area contributed by atoms with E-state index in [1.54, 1.807) is 22.7 Å². The van der Waals surface area contributed by atoms with Crippen LogP contribution >= 0.6 is 0 Å². The number of aromatic nitrogens is 6. The van der Waals surface area contributed by atoms with Crippen LogP contribution in [0, 0.1) is 0 Å². The highest BCUT2D eigenvalue weighted by Crippen LogP contribution is 2.17. The highest BCUT2D eigenvalue weighted by molar-refractivity contribution is 5.98. The Morgan fingerprint density at radius 3 is 2.73 bits per heavy atom. The van der Waals surface area contributed by atoms with E-state index in [9.17, 15) is 4.79 Å². The predicted octanol–water partition coefficient (Wildman–Crippen LogP) is 1.29. The second-order valence-electron chi connectivity index (χ2n) is 5.48. The lowest BCUT2D eigenvalue weighted by molar-refractivity contribution is 0.100. The fourth-order valence-corrected chi connectivity index (χ4v) is 2.53. The van der Waals surface area contributed by atoms with E-state index in [0.29, 0.717) is 29.8 Å². The first-order valence-corrected chi connectivity index (χ1v) is 7.83. The Labute approximate surface area is 148 Å². The molecule has 3 N–H and O–H groups in total. The molecule has 0 fully saturated rings. The van der Waals surface area contributed by atoms with E-state index in [0.717, 1.165) is 5.56 Å². The molecule has 0 atom stereocenters. The van der Waals surface area contributed by atoms with Crippen molar-refractivity contribution in [1.82, 2.24) is 29.5 Å². The Hall–Kier alpha value is -3.88. The Bertz CT molecular complexity index is 1080. The third kappa shape index (κ3) is 2.93. The van der Waals surface area contributed by atoms with Crippen molar-refractivity contribution in [2.75, 3.05) is 5.32 Å². The standard InChI is InChI=1S/C17H14N8O/c18-13(26)12-7-4-8-25-15(12)23-24-16(25)14-20-10-21-17(22-14)19-9-11-5-2-1-3-6-11/h1-8,10H,9H2,(H2,18,26)(H,19,20,21,22). The van der Waals surface area contributed by atoms with Crippen LogP contribution in [0.2, 0.25) is 0 Å². The number of nitrogens with one attached hydrogen (secondary N) is 1. The van der Waals surface area contributed by atoms with Crippen LogP contribution in [0.4, 0.5) is 5.95 Å². The average Bonchev–Trinajstić information content (AvgIpc) is 3.11. The number of anilines is 1. The van der Waals surface area contributed by atoms with Gasteiger partial charge in [0.25, 0.3) is 5.91 Å². The molecule has 1 amide bonds. The summed E-state index contributed by atoms with van der Waals surface area (Å²) in [6, 6.07) is 13.2. The van der Waals surface area contributed by atoms with Gasteiger partial charge in [-0.2, -0.15) is 4.98 Å². The normalized spacial score (nSPS) is 10.8. The summed E-state index contributed by atoms with van der Waals surface area (Å²) >= 11 is 0. The summed E-state index contributed by atoms with van der Waals surface area (Å²) in [6.45, 7) is 0.580. The van der Waals surface area contributed by atoms with Crippen molar-refractivity contribution in [2.45, 2.75) is 6.54 Å². The molecule has 0 saturated heterocycles. The zero-order valence-electron chi connectivity index (χ0n) is 13.6. The van der Waals surface area contributed by atoms with Crippen LogP contribution in [-0.2, 0) is 6.54 Å². The van der Waals surface area contributed by atoms with Crippen molar-refractivity contribution in [1.29, 1.82) is 0 Å². The maximum atomic E-state index is 11.5. The van der Waals surface area contributed by atoms with Crippen LogP contribution in [-0.4, -0.2) is 35.5 Å². The second-order valence-corrected chi connectivity index (χ2v) is 5.48. The molecular weight excluding hydrogens is 332 g/mol. The molecule has 0 aliphatic heterocycles. The van der Waals surface area contributed by atoms with Crippen molar-refractivity contribution in [3.05, 3.63) is 66.1 Å². The molecule has 0 aliphatic rings. The van der Waals surface area contributed by atoms with Gasteiger partial charge in [-0.25, -0.2) is 9.97 Å². The Kier molecular flexibility index (Phi) is 3.94. The van der Waals surface area contributed by atoms with E-state index in [2.05, 4.69) is 30.5 Å². The number of amides is 1. The monoisotopic (exact) mass is 346 g/mol. The summed E-state index contributed by atoms with van der Waals surface area (Å²) < 4.78 is 1.62. The third-order valence-corrected chi connectivity index (χ3v) is 3.77. The fraction of sp³-hybridized carbons (Fsp3) is 0.0588. The van der Waals surface area contributed by atoms with E-state index in [4.69, 9.17) is 5.73 Å². The van der Waals surface area contributed by atoms with Crippen LogP contribution in [0.3, 0.4) is 0 Å². The number of nitrogens with two attached hydrogens (primary N) is 1. The summed E-state index contributed by atoms with van der Waals surface area (Å²) in [4.78, 5) is 24.2. The van der Waals surface area contributed by atoms with Gasteiger partial charge < -0.3 is 11.1 Å². The Morgan fingerprint density at radius 1 is 1.08 bits per heavy atom. The first-order chi connectivity index (χ1) is 12.7. The van der Waals surface area contributed by atoms with Gasteiger partial charge >= 0.3 is 0 Å². The first-order valence-electron chi connectivity index (χ1n) is 7.83. The molecule has 9 nitrogen and oxygen atoms in total. The Morgan fingerprint density at radius 2 is 1.92 bits per heavy atom. The summed E-state index contributed by atoms with van der Waals surface area (Å²) in [5, 5.41) is 11.3. The summed E-state index contributed by atoms with van der Waals surface area (Å²) in [7, 11) is 0. The van der Waals surface area contributed by atoms with Gasteiger partial charge in [0.1, 0.15) is 6.33 Å². The van der Waals surface area contributed by atoms with Gasteiger partial charge in [0.05, 0.1) is 5.56 Å². The molecule has 0 radical (unpaired) electrons. The number of hydrogen-bond donors (Lipinski definition) is 2. The zero-order chi connectivity index (χ0) is 17.9. The van der Waals surface area contributed by atoms with E-state index in [1.807, 2.05) is 30.3 Å². The first kappa shape index (κ1) is 15.6. The molecule has 3 aromatic heterocycles. The molecule has 128 valence electrons. The van der Waals surface area contributed by atoms with Crippen molar-refractivity contribution in [3.63, 3.8) is 0 Å². The molecule has 26 heavy (non-hydrogen) atoms. The van der Waals surface area contributed by atoms with E-state index in [1.165, 1.54) is 6.33 Å². The summed E-state index contributed by atoms with van der Waals surface area (Å²) in [5.41, 5.74) is 7.12. The molecule has 1 aromatic carbocycles. The maximum Gasteiger partial charge on any atom is 0.252 e. The highest BCUT2D eigenvalue weighted by Gasteiger charge is 2.16. The number of primary amides is 1.